The number of aliphatic imine (C=N–C) groups is 1. The maximum absolute atomic E-state index is 3.72. The Hall–Kier alpha value is 0.100. The van der Waals surface area contributed by atoms with Gasteiger partial charge in [0.15, 0.2) is 6.34 Å². The van der Waals surface area contributed by atoms with Gasteiger partial charge in [-0.05, 0) is 6.42 Å². The van der Waals surface area contributed by atoms with Crippen LogP contribution in [0.3, 0.4) is 0 Å². The van der Waals surface area contributed by atoms with Crippen molar-refractivity contribution in [2.45, 2.75) is 43.5 Å². The summed E-state index contributed by atoms with van der Waals surface area (Å²) in [6, 6.07) is 0. The van der Waals surface area contributed by atoms with Crippen molar-refractivity contribution in [1.82, 2.24) is 0 Å². The van der Waals surface area contributed by atoms with Gasteiger partial charge in [-0.15, -0.1) is 0 Å². The van der Waals surface area contributed by atoms with Crippen molar-refractivity contribution in [1.29, 1.82) is 0 Å². The van der Waals surface area contributed by atoms with Crippen LogP contribution in [0.5, 0.6) is 0 Å². The van der Waals surface area contributed by atoms with Crippen LogP contribution in [-0.2, 0) is 0 Å². The largest absolute Gasteiger partial charge is 0.276 e. The molecule has 1 atom stereocenters. The molecule has 2 N–H and O–H groups in total. The van der Waals surface area contributed by atoms with Crippen LogP contribution >= 0.6 is 22.6 Å². The summed E-state index contributed by atoms with van der Waals surface area (Å²) in [5, 5.41) is 1.89. The summed E-state index contributed by atoms with van der Waals surface area (Å²) in [5.74, 6) is 0. The zero-order valence-corrected chi connectivity index (χ0v) is 10.7. The highest BCUT2D eigenvalue weighted by molar-refractivity contribution is 14.1. The second kappa shape index (κ2) is 10.2. The molecule has 2 nitrogen and oxygen atoms in total. The molecule has 1 rings (SSSR count). The first-order valence-corrected chi connectivity index (χ1v) is 6.17. The van der Waals surface area contributed by atoms with Crippen molar-refractivity contribution in [2.75, 3.05) is 0 Å². The van der Waals surface area contributed by atoms with E-state index in [4.69, 9.17) is 0 Å². The number of rotatable bonds is 4. The number of halogens is 1. The lowest BCUT2D eigenvalue weighted by molar-refractivity contribution is -0.447. The summed E-state index contributed by atoms with van der Waals surface area (Å²) in [6.07, 6.45) is 11.0. The molecule has 3 heteroatoms. The molecule has 0 spiro atoms. The lowest BCUT2D eigenvalue weighted by Gasteiger charge is -1.99. The quantitative estimate of drug-likeness (QED) is 0.469. The average Bonchev–Trinajstić information content (AvgIpc) is 2.61. The van der Waals surface area contributed by atoms with E-state index in [1.807, 2.05) is 11.5 Å². The smallest absolute Gasteiger partial charge is 0.191 e. The molecule has 13 heavy (non-hydrogen) atoms. The highest BCUT2D eigenvalue weighted by Gasteiger charge is 1.92. The van der Waals surface area contributed by atoms with Crippen LogP contribution < -0.4 is 5.32 Å². The molecular formula is C10H20IN2+. The van der Waals surface area contributed by atoms with Crippen molar-refractivity contribution in [3.8, 4) is 0 Å². The molecule has 0 radical (unpaired) electrons. The number of nitrogens with zero attached hydrogens (tertiary/aromatic N) is 1. The molecule has 1 aliphatic heterocycles. The molecule has 0 saturated carbocycles. The molecule has 1 unspecified atom stereocenters. The maximum Gasteiger partial charge on any atom is 0.191 e. The third-order valence-corrected chi connectivity index (χ3v) is 2.28. The Morgan fingerprint density at radius 2 is 2.23 bits per heavy atom. The fourth-order valence-corrected chi connectivity index (χ4v) is 1.36. The first-order valence-electron chi connectivity index (χ1n) is 4.93. The van der Waals surface area contributed by atoms with E-state index in [9.17, 15) is 0 Å². The summed E-state index contributed by atoms with van der Waals surface area (Å²) in [4.78, 5) is 3.72. The van der Waals surface area contributed by atoms with E-state index in [-0.39, 0.29) is 0 Å². The van der Waals surface area contributed by atoms with E-state index in [0.29, 0.717) is 0 Å². The molecule has 0 aromatic carbocycles. The molecule has 0 aliphatic carbocycles. The first-order chi connectivity index (χ1) is 6.27. The van der Waals surface area contributed by atoms with Gasteiger partial charge >= 0.3 is 0 Å². The summed E-state index contributed by atoms with van der Waals surface area (Å²) >= 11 is 2.48. The van der Waals surface area contributed by atoms with Crippen LogP contribution in [-0.4, -0.2) is 10.3 Å². The Bertz CT molecular complexity index is 143. The van der Waals surface area contributed by atoms with Gasteiger partial charge in [0.05, 0.1) is 6.20 Å². The molecule has 0 aromatic heterocycles. The zero-order chi connectivity index (χ0) is 9.94. The van der Waals surface area contributed by atoms with Gasteiger partial charge < -0.3 is 0 Å². The highest BCUT2D eigenvalue weighted by atomic mass is 127. The van der Waals surface area contributed by atoms with E-state index in [1.54, 1.807) is 12.5 Å². The summed E-state index contributed by atoms with van der Waals surface area (Å²) in [5.41, 5.74) is 0. The van der Waals surface area contributed by atoms with Gasteiger partial charge in [-0.25, -0.2) is 4.99 Å². The minimum Gasteiger partial charge on any atom is -0.276 e. The van der Waals surface area contributed by atoms with Gasteiger partial charge in [-0.2, -0.15) is 0 Å². The van der Waals surface area contributed by atoms with Gasteiger partial charge in [0.1, 0.15) is 6.20 Å². The van der Waals surface area contributed by atoms with E-state index >= 15 is 0 Å². The Morgan fingerprint density at radius 3 is 2.54 bits per heavy atom. The molecule has 0 amide bonds. The van der Waals surface area contributed by atoms with Gasteiger partial charge in [-0.1, -0.05) is 55.7 Å². The van der Waals surface area contributed by atoms with Crippen LogP contribution in [0.2, 0.25) is 0 Å². The third kappa shape index (κ3) is 12.1. The van der Waals surface area contributed by atoms with Gasteiger partial charge in [-0.3, -0.25) is 5.32 Å². The predicted octanol–water partition coefficient (Wildman–Crippen LogP) is 2.45. The predicted molar refractivity (Wildman–Crippen MR) is 67.2 cm³/mol. The lowest BCUT2D eigenvalue weighted by atomic mass is 10.2. The topological polar surface area (TPSA) is 29.0 Å². The Labute approximate surface area is 95.0 Å². The summed E-state index contributed by atoms with van der Waals surface area (Å²) in [7, 11) is 0. The number of nitrogens with two attached hydrogens (primary N) is 1. The van der Waals surface area contributed by atoms with Crippen LogP contribution in [0.1, 0.15) is 39.5 Å². The lowest BCUT2D eigenvalue weighted by Crippen LogP contribution is -2.74. The Morgan fingerprint density at radius 1 is 1.46 bits per heavy atom. The number of quaternary nitrogens is 1. The first kappa shape index (κ1) is 13.1. The fraction of sp³-hybridized carbons (Fsp3) is 0.700. The van der Waals surface area contributed by atoms with Gasteiger partial charge in [0.2, 0.25) is 0 Å². The molecule has 0 fully saturated rings. The second-order valence-corrected chi connectivity index (χ2v) is 5.24. The van der Waals surface area contributed by atoms with E-state index < -0.39 is 0 Å². The van der Waals surface area contributed by atoms with Crippen LogP contribution in [0.15, 0.2) is 17.4 Å². The highest BCUT2D eigenvalue weighted by Crippen LogP contribution is 2.09. The van der Waals surface area contributed by atoms with Gasteiger partial charge in [0.25, 0.3) is 0 Å². The van der Waals surface area contributed by atoms with Crippen LogP contribution in [0.25, 0.3) is 0 Å². The van der Waals surface area contributed by atoms with E-state index in [0.717, 1.165) is 3.92 Å². The Kier molecular flexibility index (Phi) is 10.3. The summed E-state index contributed by atoms with van der Waals surface area (Å²) in [6.45, 7) is 4.52. The minimum atomic E-state index is 0.874. The monoisotopic (exact) mass is 295 g/mol. The third-order valence-electron chi connectivity index (χ3n) is 1.66. The van der Waals surface area contributed by atoms with Crippen molar-refractivity contribution >= 4 is 28.9 Å². The second-order valence-electron chi connectivity index (χ2n) is 3.11. The van der Waals surface area contributed by atoms with Crippen molar-refractivity contribution in [3.05, 3.63) is 12.4 Å². The molecule has 0 saturated heterocycles. The van der Waals surface area contributed by atoms with Crippen molar-refractivity contribution < 1.29 is 5.32 Å². The standard InChI is InChI=1S/C7H15I.C3H4N2/c1-3-4-5-6-7(2)8;1-2-5-3-4-1/h7H,3-6H2,1-2H3;1-3H,(H,4,5)/p+1. The zero-order valence-electron chi connectivity index (χ0n) is 8.54. The van der Waals surface area contributed by atoms with E-state index in [1.165, 1.54) is 25.7 Å². The number of hydrogen-bond donors (Lipinski definition) is 1. The molecule has 76 valence electrons. The molecule has 0 aromatic rings. The molecule has 1 heterocycles. The normalized spacial score (nSPS) is 15.3. The molecular weight excluding hydrogens is 275 g/mol. The average molecular weight is 295 g/mol. The van der Waals surface area contributed by atoms with Crippen molar-refractivity contribution in [2.24, 2.45) is 4.99 Å². The van der Waals surface area contributed by atoms with E-state index in [2.05, 4.69) is 41.4 Å². The maximum atomic E-state index is 3.72. The van der Waals surface area contributed by atoms with Crippen LogP contribution in [0, 0.1) is 0 Å². The minimum absolute atomic E-state index is 0.874. The summed E-state index contributed by atoms with van der Waals surface area (Å²) < 4.78 is 0.874. The SMILES string of the molecule is C1=C[NH2+]C=N1.CCCCCC(C)I. The fourth-order valence-electron chi connectivity index (χ4n) is 0.924. The van der Waals surface area contributed by atoms with Crippen molar-refractivity contribution in [3.63, 3.8) is 0 Å². The Balaban J connectivity index is 0.000000243. The van der Waals surface area contributed by atoms with Gasteiger partial charge in [0, 0.05) is 3.92 Å². The number of hydrogen-bond acceptors (Lipinski definition) is 1. The number of alkyl halides is 1. The van der Waals surface area contributed by atoms with Crippen LogP contribution in [0.4, 0.5) is 0 Å². The molecule has 1 aliphatic rings. The number of unbranched alkanes of at least 4 members (excludes halogenated alkanes) is 2. The molecule has 0 bridgehead atoms.